The number of hydrogen-bond acceptors (Lipinski definition) is 3. The molecule has 0 bridgehead atoms. The van der Waals surface area contributed by atoms with Crippen molar-refractivity contribution in [1.29, 1.82) is 0 Å². The normalized spacial score (nSPS) is 25.5. The van der Waals surface area contributed by atoms with Crippen LogP contribution in [0.3, 0.4) is 0 Å². The molecule has 2 heterocycles. The van der Waals surface area contributed by atoms with E-state index in [0.29, 0.717) is 12.2 Å². The third kappa shape index (κ3) is 2.63. The zero-order valence-corrected chi connectivity index (χ0v) is 9.44. The van der Waals surface area contributed by atoms with Gasteiger partial charge in [-0.25, -0.2) is 4.98 Å². The summed E-state index contributed by atoms with van der Waals surface area (Å²) >= 11 is 0. The molecule has 0 saturated carbocycles. The van der Waals surface area contributed by atoms with Crippen LogP contribution >= 0.6 is 0 Å². The topological polar surface area (TPSA) is 75.0 Å². The van der Waals surface area contributed by atoms with Crippen molar-refractivity contribution in [3.8, 4) is 0 Å². The third-order valence-electron chi connectivity index (χ3n) is 3.13. The van der Waals surface area contributed by atoms with Crippen LogP contribution in [0.25, 0.3) is 0 Å². The fourth-order valence-corrected chi connectivity index (χ4v) is 2.25. The number of aromatic amines is 1. The first kappa shape index (κ1) is 12.9. The van der Waals surface area contributed by atoms with Crippen molar-refractivity contribution in [3.63, 3.8) is 0 Å². The van der Waals surface area contributed by atoms with Crippen LogP contribution in [0.2, 0.25) is 0 Å². The summed E-state index contributed by atoms with van der Waals surface area (Å²) in [5, 5.41) is 0. The van der Waals surface area contributed by atoms with Crippen LogP contribution in [-0.4, -0.2) is 40.0 Å². The number of halogens is 3. The van der Waals surface area contributed by atoms with E-state index in [2.05, 4.69) is 9.97 Å². The molecule has 5 nitrogen and oxygen atoms in total. The van der Waals surface area contributed by atoms with E-state index in [1.165, 1.54) is 6.33 Å². The SMILES string of the molecule is NC(=O)[C@@H]1CN(Cc2cnc[nH]2)C[C@H]1C(F)(F)F. The van der Waals surface area contributed by atoms with Crippen LogP contribution in [0.15, 0.2) is 12.5 Å². The highest BCUT2D eigenvalue weighted by molar-refractivity contribution is 5.77. The molecule has 8 heteroatoms. The number of hydrogen-bond donors (Lipinski definition) is 2. The first-order chi connectivity index (χ1) is 8.38. The summed E-state index contributed by atoms with van der Waals surface area (Å²) in [6.07, 6.45) is -1.40. The number of aromatic nitrogens is 2. The molecule has 1 aromatic heterocycles. The zero-order valence-electron chi connectivity index (χ0n) is 9.44. The predicted octanol–water partition coefficient (Wildman–Crippen LogP) is 0.505. The smallest absolute Gasteiger partial charge is 0.369 e. The molecule has 1 aliphatic heterocycles. The number of nitrogens with one attached hydrogen (secondary N) is 1. The number of alkyl halides is 3. The van der Waals surface area contributed by atoms with Gasteiger partial charge in [-0.15, -0.1) is 0 Å². The van der Waals surface area contributed by atoms with Gasteiger partial charge in [-0.05, 0) is 0 Å². The Morgan fingerprint density at radius 3 is 2.72 bits per heavy atom. The molecule has 1 fully saturated rings. The van der Waals surface area contributed by atoms with Crippen LogP contribution in [0.5, 0.6) is 0 Å². The third-order valence-corrected chi connectivity index (χ3v) is 3.13. The number of carbonyl (C=O) groups is 1. The quantitative estimate of drug-likeness (QED) is 0.833. The number of amides is 1. The number of carbonyl (C=O) groups excluding carboxylic acids is 1. The van der Waals surface area contributed by atoms with Gasteiger partial charge < -0.3 is 10.7 Å². The molecule has 18 heavy (non-hydrogen) atoms. The minimum Gasteiger partial charge on any atom is -0.369 e. The second kappa shape index (κ2) is 4.60. The van der Waals surface area contributed by atoms with E-state index in [9.17, 15) is 18.0 Å². The lowest BCUT2D eigenvalue weighted by Crippen LogP contribution is -2.37. The van der Waals surface area contributed by atoms with Gasteiger partial charge in [0.15, 0.2) is 0 Å². The molecule has 0 aliphatic carbocycles. The minimum absolute atomic E-state index is 0.0263. The molecule has 3 N–H and O–H groups in total. The largest absolute Gasteiger partial charge is 0.393 e. The van der Waals surface area contributed by atoms with Gasteiger partial charge in [0, 0.05) is 31.5 Å². The van der Waals surface area contributed by atoms with Gasteiger partial charge in [-0.3, -0.25) is 9.69 Å². The van der Waals surface area contributed by atoms with Crippen molar-refractivity contribution in [1.82, 2.24) is 14.9 Å². The van der Waals surface area contributed by atoms with Gasteiger partial charge in [0.05, 0.1) is 18.2 Å². The minimum atomic E-state index is -4.40. The molecule has 0 spiro atoms. The number of H-pyrrole nitrogens is 1. The second-order valence-electron chi connectivity index (χ2n) is 4.43. The van der Waals surface area contributed by atoms with Gasteiger partial charge in [-0.1, -0.05) is 0 Å². The Hall–Kier alpha value is -1.57. The molecule has 0 aromatic carbocycles. The maximum absolute atomic E-state index is 12.8. The summed E-state index contributed by atoms with van der Waals surface area (Å²) in [7, 11) is 0. The monoisotopic (exact) mass is 262 g/mol. The second-order valence-corrected chi connectivity index (χ2v) is 4.43. The average Bonchev–Trinajstić information content (AvgIpc) is 2.85. The summed E-state index contributed by atoms with van der Waals surface area (Å²) in [5.41, 5.74) is 5.74. The lowest BCUT2D eigenvalue weighted by Gasteiger charge is -2.18. The highest BCUT2D eigenvalue weighted by Crippen LogP contribution is 2.37. The number of nitrogens with zero attached hydrogens (tertiary/aromatic N) is 2. The average molecular weight is 262 g/mol. The van der Waals surface area contributed by atoms with Gasteiger partial charge in [-0.2, -0.15) is 13.2 Å². The molecule has 2 atom stereocenters. The number of nitrogens with two attached hydrogens (primary N) is 1. The Balaban J connectivity index is 2.07. The van der Waals surface area contributed by atoms with Crippen LogP contribution in [0, 0.1) is 11.8 Å². The fraction of sp³-hybridized carbons (Fsp3) is 0.600. The Morgan fingerprint density at radius 1 is 1.56 bits per heavy atom. The first-order valence-electron chi connectivity index (χ1n) is 5.43. The maximum atomic E-state index is 12.8. The summed E-state index contributed by atoms with van der Waals surface area (Å²) in [4.78, 5) is 19.2. The standard InChI is InChI=1S/C10H13F3N4O/c11-10(12,13)8-4-17(3-7(8)9(14)18)2-6-1-15-5-16-6/h1,5,7-8H,2-4H2,(H2,14,18)(H,15,16)/t7-,8-/m1/s1. The van der Waals surface area contributed by atoms with Crippen molar-refractivity contribution >= 4 is 5.91 Å². The summed E-state index contributed by atoms with van der Waals surface area (Å²) in [5.74, 6) is -3.75. The number of primary amides is 1. The zero-order chi connectivity index (χ0) is 13.3. The van der Waals surface area contributed by atoms with E-state index < -0.39 is 23.9 Å². The van der Waals surface area contributed by atoms with Crippen molar-refractivity contribution in [2.75, 3.05) is 13.1 Å². The molecule has 100 valence electrons. The summed E-state index contributed by atoms with van der Waals surface area (Å²) in [6.45, 7) is 0.116. The van der Waals surface area contributed by atoms with Crippen LogP contribution in [-0.2, 0) is 11.3 Å². The fourth-order valence-electron chi connectivity index (χ4n) is 2.25. The number of imidazole rings is 1. The maximum Gasteiger partial charge on any atom is 0.393 e. The Morgan fingerprint density at radius 2 is 2.28 bits per heavy atom. The molecular formula is C10H13F3N4O. The molecule has 1 aromatic rings. The summed E-state index contributed by atoms with van der Waals surface area (Å²) in [6, 6.07) is 0. The molecule has 2 rings (SSSR count). The Bertz CT molecular complexity index is 417. The van der Waals surface area contributed by atoms with E-state index in [4.69, 9.17) is 5.73 Å². The van der Waals surface area contributed by atoms with Crippen molar-refractivity contribution in [2.45, 2.75) is 12.7 Å². The van der Waals surface area contributed by atoms with Crippen LogP contribution < -0.4 is 5.73 Å². The van der Waals surface area contributed by atoms with Crippen molar-refractivity contribution < 1.29 is 18.0 Å². The highest BCUT2D eigenvalue weighted by atomic mass is 19.4. The number of rotatable bonds is 3. The van der Waals surface area contributed by atoms with E-state index in [0.717, 1.165) is 0 Å². The van der Waals surface area contributed by atoms with Crippen molar-refractivity contribution in [3.05, 3.63) is 18.2 Å². The molecule has 1 amide bonds. The van der Waals surface area contributed by atoms with E-state index in [1.807, 2.05) is 0 Å². The molecule has 1 saturated heterocycles. The van der Waals surface area contributed by atoms with Crippen LogP contribution in [0.4, 0.5) is 13.2 Å². The van der Waals surface area contributed by atoms with Gasteiger partial charge in [0.25, 0.3) is 0 Å². The van der Waals surface area contributed by atoms with E-state index >= 15 is 0 Å². The Kier molecular flexibility index (Phi) is 3.29. The lowest BCUT2D eigenvalue weighted by molar-refractivity contribution is -0.182. The highest BCUT2D eigenvalue weighted by Gasteiger charge is 2.51. The van der Waals surface area contributed by atoms with Gasteiger partial charge in [0.2, 0.25) is 5.91 Å². The Labute approximate surface area is 101 Å². The number of likely N-dealkylation sites (tertiary alicyclic amines) is 1. The van der Waals surface area contributed by atoms with E-state index in [1.54, 1.807) is 11.1 Å². The molecule has 1 aliphatic rings. The van der Waals surface area contributed by atoms with E-state index in [-0.39, 0.29) is 13.1 Å². The summed E-state index contributed by atoms with van der Waals surface area (Å²) < 4.78 is 38.3. The van der Waals surface area contributed by atoms with Gasteiger partial charge >= 0.3 is 6.18 Å². The molecule has 0 unspecified atom stereocenters. The predicted molar refractivity (Wildman–Crippen MR) is 56.1 cm³/mol. The first-order valence-corrected chi connectivity index (χ1v) is 5.43. The molecule has 0 radical (unpaired) electrons. The van der Waals surface area contributed by atoms with Gasteiger partial charge in [0.1, 0.15) is 0 Å². The molecular weight excluding hydrogens is 249 g/mol. The lowest BCUT2D eigenvalue weighted by atomic mass is 9.95. The van der Waals surface area contributed by atoms with Crippen molar-refractivity contribution in [2.24, 2.45) is 17.6 Å². The van der Waals surface area contributed by atoms with Crippen LogP contribution in [0.1, 0.15) is 5.69 Å².